The molecule has 13 nitrogen and oxygen atoms in total. The molecule has 45 heavy (non-hydrogen) atoms. The quantitative estimate of drug-likeness (QED) is 0.374. The summed E-state index contributed by atoms with van der Waals surface area (Å²) < 4.78 is 64.1. The van der Waals surface area contributed by atoms with Crippen molar-refractivity contribution in [2.75, 3.05) is 6.61 Å². The summed E-state index contributed by atoms with van der Waals surface area (Å²) in [5.41, 5.74) is -4.59. The van der Waals surface area contributed by atoms with Crippen LogP contribution in [0.1, 0.15) is 81.9 Å². The number of carbonyl (C=O) groups is 1. The van der Waals surface area contributed by atoms with Crippen molar-refractivity contribution in [1.82, 2.24) is 9.13 Å². The van der Waals surface area contributed by atoms with Gasteiger partial charge in [0.15, 0.2) is 22.9 Å². The van der Waals surface area contributed by atoms with Gasteiger partial charge in [-0.25, -0.2) is 18.0 Å². The molecule has 5 atom stereocenters. The Morgan fingerprint density at radius 1 is 1.00 bits per heavy atom. The molecule has 0 N–H and O–H groups in total. The van der Waals surface area contributed by atoms with Gasteiger partial charge in [0.05, 0.1) is 12.7 Å². The van der Waals surface area contributed by atoms with Crippen LogP contribution in [0.2, 0.25) is 36.3 Å². The first-order valence-electron chi connectivity index (χ1n) is 15.2. The Hall–Kier alpha value is -1.67. The number of aromatic nitrogens is 2. The topological polar surface area (TPSA) is 151 Å². The van der Waals surface area contributed by atoms with Gasteiger partial charge in [-0.2, -0.15) is 13.0 Å². The SMILES string of the molecule is C[C@@H]1C[C@]2(OS(=O)(=O)O1)[C@@H](CO[Si](C)(C)C(C)(C)C)O[C@@H](n1ccc(=O)n(C(=O)OC(C)(C)C)c1=O)[C@@H]2O[Si](C)(C)C(C)(C)C. The van der Waals surface area contributed by atoms with Crippen molar-refractivity contribution in [2.45, 2.75) is 148 Å². The second-order valence-electron chi connectivity index (χ2n) is 16.1. The minimum atomic E-state index is -4.53. The van der Waals surface area contributed by atoms with E-state index < -0.39 is 80.1 Å². The second kappa shape index (κ2) is 12.1. The van der Waals surface area contributed by atoms with E-state index in [9.17, 15) is 22.8 Å². The summed E-state index contributed by atoms with van der Waals surface area (Å²) in [5.74, 6) is 0. The highest BCUT2D eigenvalue weighted by atomic mass is 32.3. The molecule has 1 aromatic heterocycles. The molecule has 2 saturated heterocycles. The first kappa shape index (κ1) is 37.8. The van der Waals surface area contributed by atoms with Gasteiger partial charge in [-0.15, -0.1) is 0 Å². The molecule has 258 valence electrons. The van der Waals surface area contributed by atoms with Crippen LogP contribution in [0.4, 0.5) is 4.79 Å². The molecule has 0 bridgehead atoms. The molecular formula is C29H52N2O11SSi2. The maximum Gasteiger partial charge on any atom is 0.425 e. The third-order valence-electron chi connectivity index (χ3n) is 9.23. The normalized spacial score (nSPS) is 28.0. The summed E-state index contributed by atoms with van der Waals surface area (Å²) in [6.45, 7) is 26.8. The average Bonchev–Trinajstić information content (AvgIpc) is 3.05. The van der Waals surface area contributed by atoms with E-state index in [-0.39, 0.29) is 23.1 Å². The maximum atomic E-state index is 13.9. The molecule has 0 unspecified atom stereocenters. The van der Waals surface area contributed by atoms with Crippen molar-refractivity contribution >= 4 is 33.1 Å². The average molecular weight is 693 g/mol. The first-order valence-corrected chi connectivity index (χ1v) is 22.4. The summed E-state index contributed by atoms with van der Waals surface area (Å²) in [4.78, 5) is 39.8. The Bertz CT molecular complexity index is 1500. The van der Waals surface area contributed by atoms with Crippen LogP contribution < -0.4 is 11.2 Å². The van der Waals surface area contributed by atoms with Crippen molar-refractivity contribution in [3.8, 4) is 0 Å². The maximum absolute atomic E-state index is 13.9. The summed E-state index contributed by atoms with van der Waals surface area (Å²) in [6, 6.07) is 1.05. The number of rotatable bonds is 6. The second-order valence-corrected chi connectivity index (χ2v) is 26.8. The van der Waals surface area contributed by atoms with Gasteiger partial charge in [0.1, 0.15) is 23.4 Å². The van der Waals surface area contributed by atoms with Crippen LogP contribution in [0.3, 0.4) is 0 Å². The summed E-state index contributed by atoms with van der Waals surface area (Å²) in [7, 11) is -9.67. The van der Waals surface area contributed by atoms with Gasteiger partial charge >= 0.3 is 22.2 Å². The van der Waals surface area contributed by atoms with Crippen LogP contribution in [-0.4, -0.2) is 76.4 Å². The largest absolute Gasteiger partial charge is 0.443 e. The van der Waals surface area contributed by atoms with E-state index in [1.165, 1.54) is 6.20 Å². The van der Waals surface area contributed by atoms with Gasteiger partial charge in [0.2, 0.25) is 0 Å². The Labute approximate surface area is 269 Å². The molecule has 0 amide bonds. The van der Waals surface area contributed by atoms with Crippen LogP contribution in [0.5, 0.6) is 0 Å². The van der Waals surface area contributed by atoms with Gasteiger partial charge in [-0.1, -0.05) is 41.5 Å². The number of carbonyl (C=O) groups excluding carboxylic acids is 1. The van der Waals surface area contributed by atoms with E-state index in [0.29, 0.717) is 4.57 Å². The van der Waals surface area contributed by atoms with Gasteiger partial charge in [0, 0.05) is 18.7 Å². The molecule has 0 aromatic carbocycles. The Kier molecular flexibility index (Phi) is 10.2. The molecule has 1 aromatic rings. The Morgan fingerprint density at radius 3 is 2.04 bits per heavy atom. The smallest absolute Gasteiger partial charge is 0.425 e. The predicted molar refractivity (Wildman–Crippen MR) is 174 cm³/mol. The molecule has 2 aliphatic rings. The van der Waals surface area contributed by atoms with E-state index in [1.807, 2.05) is 33.9 Å². The molecule has 2 fully saturated rings. The lowest BCUT2D eigenvalue weighted by Gasteiger charge is -2.47. The highest BCUT2D eigenvalue weighted by Crippen LogP contribution is 2.51. The standard InChI is InChI=1S/C29H52N2O11SSi2/c1-19-17-29(42-43(35,36)40-19)20(18-37-44(11,12)27(5,6)7)38-23(22(29)41-45(13,14)28(8,9)10)30-16-15-21(32)31(24(30)33)25(34)39-26(2,3)4/h15-16,19-20,22-23H,17-18H2,1-14H3/t19-,20-,22+,23-,29+/m1/s1. The fourth-order valence-electron chi connectivity index (χ4n) is 4.76. The third-order valence-corrected chi connectivity index (χ3v) is 19.3. The van der Waals surface area contributed by atoms with E-state index in [2.05, 4.69) is 33.9 Å². The number of ether oxygens (including phenoxy) is 2. The lowest BCUT2D eigenvalue weighted by molar-refractivity contribution is -0.114. The van der Waals surface area contributed by atoms with E-state index >= 15 is 0 Å². The lowest BCUT2D eigenvalue weighted by atomic mass is 9.86. The highest BCUT2D eigenvalue weighted by molar-refractivity contribution is 7.82. The zero-order valence-corrected chi connectivity index (χ0v) is 32.0. The van der Waals surface area contributed by atoms with Crippen molar-refractivity contribution in [1.29, 1.82) is 0 Å². The van der Waals surface area contributed by atoms with Crippen LogP contribution in [-0.2, 0) is 37.1 Å². The van der Waals surface area contributed by atoms with Gasteiger partial charge in [0.25, 0.3) is 5.56 Å². The third kappa shape index (κ3) is 7.91. The molecule has 16 heteroatoms. The van der Waals surface area contributed by atoms with Crippen LogP contribution in [0, 0.1) is 0 Å². The molecule has 3 rings (SSSR count). The van der Waals surface area contributed by atoms with Crippen molar-refractivity contribution in [3.05, 3.63) is 33.1 Å². The number of nitrogens with zero attached hydrogens (tertiary/aromatic N) is 2. The molecule has 1 spiro atoms. The Balaban J connectivity index is 2.29. The highest BCUT2D eigenvalue weighted by Gasteiger charge is 2.66. The molecule has 0 aliphatic carbocycles. The lowest BCUT2D eigenvalue weighted by Crippen LogP contribution is -2.62. The van der Waals surface area contributed by atoms with Crippen molar-refractivity contribution in [2.24, 2.45) is 0 Å². The fourth-order valence-corrected chi connectivity index (χ4v) is 8.23. The fraction of sp³-hybridized carbons (Fsp3) is 0.828. The molecule has 3 heterocycles. The van der Waals surface area contributed by atoms with E-state index in [0.717, 1.165) is 10.6 Å². The monoisotopic (exact) mass is 692 g/mol. The summed E-state index contributed by atoms with van der Waals surface area (Å²) in [6.07, 6.45) is -4.27. The molecule has 0 radical (unpaired) electrons. The first-order chi connectivity index (χ1) is 20.0. The van der Waals surface area contributed by atoms with Crippen LogP contribution in [0.15, 0.2) is 21.9 Å². The van der Waals surface area contributed by atoms with Crippen molar-refractivity contribution < 1.29 is 39.9 Å². The van der Waals surface area contributed by atoms with Gasteiger partial charge in [-0.05, 0) is 64.0 Å². The molecular weight excluding hydrogens is 641 g/mol. The van der Waals surface area contributed by atoms with E-state index in [4.69, 9.17) is 26.7 Å². The van der Waals surface area contributed by atoms with Crippen LogP contribution in [0.25, 0.3) is 0 Å². The van der Waals surface area contributed by atoms with Crippen LogP contribution >= 0.6 is 0 Å². The molecule has 0 saturated carbocycles. The van der Waals surface area contributed by atoms with Gasteiger partial charge in [-0.3, -0.25) is 9.36 Å². The zero-order chi connectivity index (χ0) is 34.8. The number of hydrogen-bond donors (Lipinski definition) is 0. The number of hydrogen-bond acceptors (Lipinski definition) is 11. The van der Waals surface area contributed by atoms with Gasteiger partial charge < -0.3 is 18.3 Å². The zero-order valence-electron chi connectivity index (χ0n) is 29.2. The summed E-state index contributed by atoms with van der Waals surface area (Å²) >= 11 is 0. The molecule has 2 aliphatic heterocycles. The van der Waals surface area contributed by atoms with E-state index in [1.54, 1.807) is 27.7 Å². The minimum absolute atomic E-state index is 0.0357. The van der Waals surface area contributed by atoms with Crippen molar-refractivity contribution in [3.63, 3.8) is 0 Å². The predicted octanol–water partition coefficient (Wildman–Crippen LogP) is 4.91. The Morgan fingerprint density at radius 2 is 1.56 bits per heavy atom. The summed E-state index contributed by atoms with van der Waals surface area (Å²) in [5, 5.41) is -0.519. The minimum Gasteiger partial charge on any atom is -0.443 e.